The summed E-state index contributed by atoms with van der Waals surface area (Å²) < 4.78 is 4.84. The Morgan fingerprint density at radius 2 is 2.15 bits per heavy atom. The average Bonchev–Trinajstić information content (AvgIpc) is 2.78. The number of ether oxygens (including phenoxy) is 1. The van der Waals surface area contributed by atoms with Gasteiger partial charge in [-0.2, -0.15) is 0 Å². The van der Waals surface area contributed by atoms with E-state index in [0.29, 0.717) is 6.54 Å². The first-order valence-electron chi connectivity index (χ1n) is 6.20. The van der Waals surface area contributed by atoms with E-state index in [4.69, 9.17) is 10.5 Å². The van der Waals surface area contributed by atoms with E-state index in [9.17, 15) is 4.79 Å². The zero-order chi connectivity index (χ0) is 13.0. The van der Waals surface area contributed by atoms with Crippen LogP contribution < -0.4 is 11.1 Å². The SMILES string of the molecule is COCC(N)C(=O)NCc1nc2c(s1)CCCC2.Cl.Cl. The highest BCUT2D eigenvalue weighted by atomic mass is 35.5. The monoisotopic (exact) mass is 341 g/mol. The van der Waals surface area contributed by atoms with Crippen LogP contribution in [-0.2, 0) is 28.9 Å². The smallest absolute Gasteiger partial charge is 0.239 e. The summed E-state index contributed by atoms with van der Waals surface area (Å²) >= 11 is 1.70. The lowest BCUT2D eigenvalue weighted by Crippen LogP contribution is -2.43. The van der Waals surface area contributed by atoms with Gasteiger partial charge in [-0.1, -0.05) is 0 Å². The van der Waals surface area contributed by atoms with Crippen LogP contribution in [0.4, 0.5) is 0 Å². The standard InChI is InChI=1S/C12H19N3O2S.2ClH/c1-17-7-8(13)12(16)14-6-11-15-9-4-2-3-5-10(9)18-11;;/h8H,2-7,13H2,1H3,(H,14,16);2*1H. The summed E-state index contributed by atoms with van der Waals surface area (Å²) in [6.45, 7) is 0.702. The second-order valence-electron chi connectivity index (χ2n) is 4.46. The van der Waals surface area contributed by atoms with Crippen molar-refractivity contribution >= 4 is 42.1 Å². The van der Waals surface area contributed by atoms with Crippen molar-refractivity contribution in [1.82, 2.24) is 10.3 Å². The topological polar surface area (TPSA) is 77.2 Å². The molecule has 1 unspecified atom stereocenters. The van der Waals surface area contributed by atoms with Crippen molar-refractivity contribution in [2.75, 3.05) is 13.7 Å². The number of carbonyl (C=O) groups is 1. The van der Waals surface area contributed by atoms with Gasteiger partial charge in [0, 0.05) is 12.0 Å². The fraction of sp³-hybridized carbons (Fsp3) is 0.667. The first-order chi connectivity index (χ1) is 8.70. The van der Waals surface area contributed by atoms with Gasteiger partial charge in [0.1, 0.15) is 11.0 Å². The molecule has 0 radical (unpaired) electrons. The van der Waals surface area contributed by atoms with Crippen LogP contribution in [0.1, 0.15) is 28.4 Å². The van der Waals surface area contributed by atoms with Crippen molar-refractivity contribution in [1.29, 1.82) is 0 Å². The third-order valence-corrected chi connectivity index (χ3v) is 4.14. The van der Waals surface area contributed by atoms with Crippen LogP contribution in [0.2, 0.25) is 0 Å². The highest BCUT2D eigenvalue weighted by Crippen LogP contribution is 2.26. The molecule has 1 aliphatic rings. The number of nitrogens with zero attached hydrogens (tertiary/aromatic N) is 1. The first-order valence-corrected chi connectivity index (χ1v) is 7.02. The number of fused-ring (bicyclic) bond motifs is 1. The predicted molar refractivity (Wildman–Crippen MR) is 85.0 cm³/mol. The van der Waals surface area contributed by atoms with Gasteiger partial charge in [0.25, 0.3) is 0 Å². The maximum absolute atomic E-state index is 11.6. The van der Waals surface area contributed by atoms with Crippen molar-refractivity contribution in [3.63, 3.8) is 0 Å². The molecule has 0 saturated carbocycles. The minimum atomic E-state index is -0.607. The molecule has 0 saturated heterocycles. The molecule has 0 aromatic carbocycles. The molecule has 20 heavy (non-hydrogen) atoms. The lowest BCUT2D eigenvalue weighted by Gasteiger charge is -2.09. The van der Waals surface area contributed by atoms with Gasteiger partial charge in [0.2, 0.25) is 5.91 Å². The molecule has 0 spiro atoms. The number of nitrogens with two attached hydrogens (primary N) is 1. The summed E-state index contributed by atoms with van der Waals surface area (Å²) in [6, 6.07) is -0.607. The Bertz CT molecular complexity index is 405. The van der Waals surface area contributed by atoms with E-state index in [1.165, 1.54) is 30.5 Å². The number of rotatable bonds is 5. The maximum atomic E-state index is 11.6. The molecule has 116 valence electrons. The number of nitrogens with one attached hydrogen (secondary N) is 1. The normalized spacial score (nSPS) is 14.5. The predicted octanol–water partition coefficient (Wildman–Crippen LogP) is 1.46. The second-order valence-corrected chi connectivity index (χ2v) is 5.63. The zero-order valence-electron chi connectivity index (χ0n) is 11.4. The maximum Gasteiger partial charge on any atom is 0.239 e. The molecular formula is C12H21Cl2N3O2S. The second kappa shape index (κ2) is 9.52. The van der Waals surface area contributed by atoms with E-state index >= 15 is 0 Å². The van der Waals surface area contributed by atoms with E-state index in [1.807, 2.05) is 0 Å². The van der Waals surface area contributed by atoms with Gasteiger partial charge in [-0.05, 0) is 25.7 Å². The lowest BCUT2D eigenvalue weighted by molar-refractivity contribution is -0.123. The Morgan fingerprint density at radius 3 is 2.80 bits per heavy atom. The van der Waals surface area contributed by atoms with Crippen LogP contribution in [-0.4, -0.2) is 30.6 Å². The lowest BCUT2D eigenvalue weighted by atomic mass is 10.0. The van der Waals surface area contributed by atoms with Gasteiger partial charge in [0.15, 0.2) is 0 Å². The number of amides is 1. The van der Waals surface area contributed by atoms with Crippen molar-refractivity contribution in [2.45, 2.75) is 38.3 Å². The molecule has 1 aromatic rings. The minimum Gasteiger partial charge on any atom is -0.383 e. The van der Waals surface area contributed by atoms with Crippen LogP contribution in [0.5, 0.6) is 0 Å². The summed E-state index contributed by atoms with van der Waals surface area (Å²) in [4.78, 5) is 17.6. The van der Waals surface area contributed by atoms with Gasteiger partial charge in [-0.25, -0.2) is 4.98 Å². The molecule has 1 atom stereocenters. The number of aromatic nitrogens is 1. The largest absolute Gasteiger partial charge is 0.383 e. The Morgan fingerprint density at radius 1 is 1.45 bits per heavy atom. The zero-order valence-corrected chi connectivity index (χ0v) is 13.8. The highest BCUT2D eigenvalue weighted by Gasteiger charge is 2.17. The molecule has 2 rings (SSSR count). The Hall–Kier alpha value is -0.400. The molecule has 0 fully saturated rings. The van der Waals surface area contributed by atoms with Crippen LogP contribution in [0.25, 0.3) is 0 Å². The minimum absolute atomic E-state index is 0. The van der Waals surface area contributed by atoms with Crippen molar-refractivity contribution in [3.8, 4) is 0 Å². The molecule has 1 aromatic heterocycles. The quantitative estimate of drug-likeness (QED) is 0.849. The molecule has 1 aliphatic carbocycles. The Labute approximate surface area is 135 Å². The molecule has 1 amide bonds. The molecule has 0 aliphatic heterocycles. The average molecular weight is 342 g/mol. The summed E-state index contributed by atoms with van der Waals surface area (Å²) in [7, 11) is 1.53. The van der Waals surface area contributed by atoms with E-state index in [2.05, 4.69) is 10.3 Å². The Balaban J connectivity index is 0.00000180. The summed E-state index contributed by atoms with van der Waals surface area (Å²) in [5.74, 6) is -0.190. The number of halogens is 2. The molecular weight excluding hydrogens is 321 g/mol. The van der Waals surface area contributed by atoms with E-state index in [-0.39, 0.29) is 37.3 Å². The van der Waals surface area contributed by atoms with Gasteiger partial charge < -0.3 is 15.8 Å². The van der Waals surface area contributed by atoms with Crippen LogP contribution in [0.3, 0.4) is 0 Å². The van der Waals surface area contributed by atoms with Crippen LogP contribution in [0.15, 0.2) is 0 Å². The summed E-state index contributed by atoms with van der Waals surface area (Å²) in [5, 5.41) is 3.77. The van der Waals surface area contributed by atoms with Gasteiger partial charge in [0.05, 0.1) is 18.8 Å². The van der Waals surface area contributed by atoms with Crippen molar-refractivity contribution in [3.05, 3.63) is 15.6 Å². The molecule has 0 bridgehead atoms. The molecule has 5 nitrogen and oxygen atoms in total. The number of thiazole rings is 1. The van der Waals surface area contributed by atoms with Gasteiger partial charge in [-0.3, -0.25) is 4.79 Å². The van der Waals surface area contributed by atoms with Crippen molar-refractivity contribution in [2.24, 2.45) is 5.73 Å². The van der Waals surface area contributed by atoms with E-state index in [0.717, 1.165) is 17.8 Å². The fourth-order valence-electron chi connectivity index (χ4n) is 2.03. The van der Waals surface area contributed by atoms with E-state index in [1.54, 1.807) is 11.3 Å². The Kier molecular flexibility index (Phi) is 9.33. The first kappa shape index (κ1) is 19.6. The number of methoxy groups -OCH3 is 1. The third-order valence-electron chi connectivity index (χ3n) is 2.99. The van der Waals surface area contributed by atoms with Crippen molar-refractivity contribution < 1.29 is 9.53 Å². The number of hydrogen-bond donors (Lipinski definition) is 2. The van der Waals surface area contributed by atoms with E-state index < -0.39 is 6.04 Å². The number of carbonyl (C=O) groups excluding carboxylic acids is 1. The molecule has 3 N–H and O–H groups in total. The van der Waals surface area contributed by atoms with Gasteiger partial charge in [-0.15, -0.1) is 36.2 Å². The fourth-order valence-corrected chi connectivity index (χ4v) is 3.13. The van der Waals surface area contributed by atoms with Gasteiger partial charge >= 0.3 is 0 Å². The third kappa shape index (κ3) is 5.18. The summed E-state index contributed by atoms with van der Waals surface area (Å²) in [6.07, 6.45) is 4.67. The summed E-state index contributed by atoms with van der Waals surface area (Å²) in [5.41, 5.74) is 6.85. The molecule has 8 heteroatoms. The number of hydrogen-bond acceptors (Lipinski definition) is 5. The highest BCUT2D eigenvalue weighted by molar-refractivity contribution is 7.11. The van der Waals surface area contributed by atoms with Crippen LogP contribution in [0, 0.1) is 0 Å². The van der Waals surface area contributed by atoms with Crippen LogP contribution >= 0.6 is 36.2 Å². The number of aryl methyl sites for hydroxylation is 2. The molecule has 1 heterocycles.